The Morgan fingerprint density at radius 2 is 2.23 bits per heavy atom. The maximum Gasteiger partial charge on any atom is 0.227 e. The largest absolute Gasteiger partial charge is 0.444 e. The van der Waals surface area contributed by atoms with Crippen LogP contribution in [0.4, 0.5) is 5.82 Å². The third kappa shape index (κ3) is 1.51. The molecule has 2 aromatic heterocycles. The monoisotopic (exact) mass is 175 g/mol. The molecular formula is C9H9N3O. The Bertz CT molecular complexity index is 405. The zero-order valence-corrected chi connectivity index (χ0v) is 7.19. The number of nitrogen functional groups attached to an aromatic ring is 1. The number of hydrogen-bond donors (Lipinski definition) is 1. The Kier molecular flexibility index (Phi) is 1.73. The maximum atomic E-state index is 5.45. The van der Waals surface area contributed by atoms with Gasteiger partial charge in [-0.1, -0.05) is 0 Å². The lowest BCUT2D eigenvalue weighted by Crippen LogP contribution is -1.88. The smallest absolute Gasteiger partial charge is 0.227 e. The van der Waals surface area contributed by atoms with Gasteiger partial charge in [-0.05, 0) is 19.1 Å². The van der Waals surface area contributed by atoms with E-state index in [0.717, 1.165) is 11.3 Å². The van der Waals surface area contributed by atoms with Crippen LogP contribution in [0, 0.1) is 6.92 Å². The highest BCUT2D eigenvalue weighted by molar-refractivity contribution is 5.53. The van der Waals surface area contributed by atoms with Crippen LogP contribution in [0.5, 0.6) is 0 Å². The molecule has 2 N–H and O–H groups in total. The van der Waals surface area contributed by atoms with Crippen molar-refractivity contribution < 1.29 is 4.42 Å². The first-order chi connectivity index (χ1) is 6.25. The summed E-state index contributed by atoms with van der Waals surface area (Å²) in [5.74, 6) is 1.07. The Balaban J connectivity index is 2.41. The molecule has 0 atom stereocenters. The first-order valence-corrected chi connectivity index (χ1v) is 3.90. The van der Waals surface area contributed by atoms with Crippen LogP contribution in [0.2, 0.25) is 0 Å². The van der Waals surface area contributed by atoms with E-state index in [2.05, 4.69) is 9.97 Å². The van der Waals surface area contributed by atoms with Gasteiger partial charge in [-0.25, -0.2) is 9.97 Å². The van der Waals surface area contributed by atoms with Crippen molar-refractivity contribution in [1.82, 2.24) is 9.97 Å². The highest BCUT2D eigenvalue weighted by atomic mass is 16.3. The summed E-state index contributed by atoms with van der Waals surface area (Å²) in [6.45, 7) is 1.87. The molecule has 0 saturated carbocycles. The second-order valence-corrected chi connectivity index (χ2v) is 2.77. The van der Waals surface area contributed by atoms with Crippen molar-refractivity contribution >= 4 is 5.82 Å². The molecule has 0 spiro atoms. The van der Waals surface area contributed by atoms with Gasteiger partial charge >= 0.3 is 0 Å². The number of oxazole rings is 1. The van der Waals surface area contributed by atoms with Crippen LogP contribution in [0.1, 0.15) is 5.69 Å². The van der Waals surface area contributed by atoms with Crippen LogP contribution >= 0.6 is 0 Å². The van der Waals surface area contributed by atoms with E-state index in [1.165, 1.54) is 0 Å². The Hall–Kier alpha value is -1.84. The molecule has 0 aliphatic rings. The average Bonchev–Trinajstić information content (AvgIpc) is 2.53. The summed E-state index contributed by atoms with van der Waals surface area (Å²) in [4.78, 5) is 8.11. The lowest BCUT2D eigenvalue weighted by molar-refractivity contribution is 0.573. The molecule has 0 saturated heterocycles. The molecule has 0 aromatic carbocycles. The Labute approximate surface area is 75.4 Å². The molecule has 0 fully saturated rings. The fraction of sp³-hybridized carbons (Fsp3) is 0.111. The van der Waals surface area contributed by atoms with E-state index in [4.69, 9.17) is 10.2 Å². The standard InChI is InChI=1S/C9H9N3O/c1-6-5-13-9(12-6)7-2-3-8(10)11-4-7/h2-5H,1H3,(H2,10,11). The summed E-state index contributed by atoms with van der Waals surface area (Å²) >= 11 is 0. The summed E-state index contributed by atoms with van der Waals surface area (Å²) in [6.07, 6.45) is 3.24. The van der Waals surface area contributed by atoms with Crippen LogP contribution < -0.4 is 5.73 Å². The number of hydrogen-bond acceptors (Lipinski definition) is 4. The van der Waals surface area contributed by atoms with Gasteiger partial charge in [-0.15, -0.1) is 0 Å². The lowest BCUT2D eigenvalue weighted by atomic mass is 10.3. The summed E-state index contributed by atoms with van der Waals surface area (Å²) < 4.78 is 5.20. The summed E-state index contributed by atoms with van der Waals surface area (Å²) in [7, 11) is 0. The first-order valence-electron chi connectivity index (χ1n) is 3.90. The molecule has 0 aliphatic heterocycles. The van der Waals surface area contributed by atoms with E-state index in [1.54, 1.807) is 18.5 Å². The van der Waals surface area contributed by atoms with Crippen LogP contribution in [0.3, 0.4) is 0 Å². The number of nitrogens with two attached hydrogens (primary N) is 1. The summed E-state index contributed by atoms with van der Waals surface area (Å²) in [5.41, 5.74) is 7.14. The molecule has 0 radical (unpaired) electrons. The minimum atomic E-state index is 0.493. The molecule has 13 heavy (non-hydrogen) atoms. The minimum absolute atomic E-state index is 0.493. The van der Waals surface area contributed by atoms with Gasteiger partial charge < -0.3 is 10.2 Å². The van der Waals surface area contributed by atoms with Crippen molar-refractivity contribution in [2.45, 2.75) is 6.92 Å². The SMILES string of the molecule is Cc1coc(-c2ccc(N)nc2)n1. The predicted octanol–water partition coefficient (Wildman–Crippen LogP) is 1.63. The second-order valence-electron chi connectivity index (χ2n) is 2.77. The van der Waals surface area contributed by atoms with Gasteiger partial charge in [0.05, 0.1) is 11.3 Å². The normalized spacial score (nSPS) is 10.2. The van der Waals surface area contributed by atoms with E-state index in [-0.39, 0.29) is 0 Å². The van der Waals surface area contributed by atoms with Gasteiger partial charge in [0.25, 0.3) is 0 Å². The number of aromatic nitrogens is 2. The quantitative estimate of drug-likeness (QED) is 0.715. The third-order valence-electron chi connectivity index (χ3n) is 1.65. The van der Waals surface area contributed by atoms with Gasteiger partial charge in [-0.3, -0.25) is 0 Å². The second kappa shape index (κ2) is 2.90. The number of pyridine rings is 1. The molecule has 2 rings (SSSR count). The molecule has 0 unspecified atom stereocenters. The minimum Gasteiger partial charge on any atom is -0.444 e. The zero-order valence-electron chi connectivity index (χ0n) is 7.19. The Morgan fingerprint density at radius 1 is 1.38 bits per heavy atom. The fourth-order valence-electron chi connectivity index (χ4n) is 1.02. The summed E-state index contributed by atoms with van der Waals surface area (Å²) in [6, 6.07) is 3.54. The molecule has 66 valence electrons. The molecule has 0 bridgehead atoms. The predicted molar refractivity (Wildman–Crippen MR) is 48.9 cm³/mol. The van der Waals surface area contributed by atoms with Crippen molar-refractivity contribution in [3.63, 3.8) is 0 Å². The van der Waals surface area contributed by atoms with E-state index < -0.39 is 0 Å². The molecule has 4 heteroatoms. The van der Waals surface area contributed by atoms with Crippen LogP contribution in [-0.2, 0) is 0 Å². The van der Waals surface area contributed by atoms with E-state index in [9.17, 15) is 0 Å². The van der Waals surface area contributed by atoms with Crippen LogP contribution in [0.15, 0.2) is 29.0 Å². The molecule has 2 aromatic rings. The van der Waals surface area contributed by atoms with Gasteiger partial charge in [0.2, 0.25) is 5.89 Å². The first kappa shape index (κ1) is 7.79. The van der Waals surface area contributed by atoms with Gasteiger partial charge in [0.1, 0.15) is 12.1 Å². The Morgan fingerprint density at radius 3 is 2.77 bits per heavy atom. The molecule has 2 heterocycles. The highest BCUT2D eigenvalue weighted by Gasteiger charge is 2.03. The van der Waals surface area contributed by atoms with Gasteiger partial charge in [0.15, 0.2) is 0 Å². The van der Waals surface area contributed by atoms with E-state index >= 15 is 0 Å². The van der Waals surface area contributed by atoms with Crippen molar-refractivity contribution in [2.24, 2.45) is 0 Å². The van der Waals surface area contributed by atoms with Crippen molar-refractivity contribution in [2.75, 3.05) is 5.73 Å². The van der Waals surface area contributed by atoms with Crippen molar-refractivity contribution in [1.29, 1.82) is 0 Å². The van der Waals surface area contributed by atoms with Crippen molar-refractivity contribution in [3.8, 4) is 11.5 Å². The highest BCUT2D eigenvalue weighted by Crippen LogP contribution is 2.17. The maximum absolute atomic E-state index is 5.45. The molecule has 4 nitrogen and oxygen atoms in total. The fourth-order valence-corrected chi connectivity index (χ4v) is 1.02. The number of rotatable bonds is 1. The zero-order chi connectivity index (χ0) is 9.26. The van der Waals surface area contributed by atoms with Gasteiger partial charge in [0, 0.05) is 6.20 Å². The third-order valence-corrected chi connectivity index (χ3v) is 1.65. The number of nitrogens with zero attached hydrogens (tertiary/aromatic N) is 2. The summed E-state index contributed by atoms with van der Waals surface area (Å²) in [5, 5.41) is 0. The molecule has 0 aliphatic carbocycles. The van der Waals surface area contributed by atoms with E-state index in [1.807, 2.05) is 13.0 Å². The van der Waals surface area contributed by atoms with E-state index in [0.29, 0.717) is 11.7 Å². The van der Waals surface area contributed by atoms with Crippen molar-refractivity contribution in [3.05, 3.63) is 30.3 Å². The molecular weight excluding hydrogens is 166 g/mol. The number of aryl methyl sites for hydroxylation is 1. The van der Waals surface area contributed by atoms with Crippen LogP contribution in [0.25, 0.3) is 11.5 Å². The van der Waals surface area contributed by atoms with Gasteiger partial charge in [-0.2, -0.15) is 0 Å². The number of anilines is 1. The topological polar surface area (TPSA) is 64.9 Å². The average molecular weight is 175 g/mol. The lowest BCUT2D eigenvalue weighted by Gasteiger charge is -1.94. The van der Waals surface area contributed by atoms with Crippen LogP contribution in [-0.4, -0.2) is 9.97 Å². The molecule has 0 amide bonds.